The van der Waals surface area contributed by atoms with Gasteiger partial charge in [-0.3, -0.25) is 9.89 Å². The fourth-order valence-electron chi connectivity index (χ4n) is 1.55. The van der Waals surface area contributed by atoms with Gasteiger partial charge < -0.3 is 10.1 Å². The normalized spacial score (nSPS) is 12.2. The predicted molar refractivity (Wildman–Crippen MR) is 78.1 cm³/mol. The van der Waals surface area contributed by atoms with Crippen molar-refractivity contribution in [3.8, 4) is 5.75 Å². The number of aryl methyl sites for hydroxylation is 1. The Hall–Kier alpha value is -2.16. The van der Waals surface area contributed by atoms with Crippen LogP contribution in [0.15, 0.2) is 29.4 Å². The van der Waals surface area contributed by atoms with Gasteiger partial charge in [0.05, 0.1) is 5.25 Å². The summed E-state index contributed by atoms with van der Waals surface area (Å²) < 4.78 is 28.3. The first-order valence-corrected chi connectivity index (χ1v) is 7.23. The van der Waals surface area contributed by atoms with E-state index in [0.717, 1.165) is 0 Å². The molecule has 0 bridgehead atoms. The lowest BCUT2D eigenvalue weighted by Gasteiger charge is -2.11. The first kappa shape index (κ1) is 16.2. The van der Waals surface area contributed by atoms with Crippen molar-refractivity contribution in [2.24, 2.45) is 0 Å². The molecule has 1 atom stereocenters. The van der Waals surface area contributed by atoms with Crippen LogP contribution in [0.25, 0.3) is 0 Å². The first-order chi connectivity index (χ1) is 10.4. The Kier molecular flexibility index (Phi) is 5.31. The van der Waals surface area contributed by atoms with Gasteiger partial charge in [0.2, 0.25) is 11.1 Å². The number of halogens is 2. The third-order valence-corrected chi connectivity index (χ3v) is 3.54. The number of nitrogens with zero attached hydrogens (tertiary/aromatic N) is 2. The maximum Gasteiger partial charge on any atom is 0.387 e. The van der Waals surface area contributed by atoms with E-state index in [2.05, 4.69) is 25.2 Å². The molecule has 2 aromatic rings. The molecule has 1 unspecified atom stereocenters. The Bertz CT molecular complexity index is 633. The molecule has 0 aliphatic heterocycles. The maximum absolute atomic E-state index is 12.0. The van der Waals surface area contributed by atoms with Crippen LogP contribution in [0.4, 0.5) is 14.5 Å². The van der Waals surface area contributed by atoms with E-state index in [1.54, 1.807) is 13.8 Å². The lowest BCUT2D eigenvalue weighted by molar-refractivity contribution is -0.115. The number of alkyl halides is 2. The number of rotatable bonds is 6. The van der Waals surface area contributed by atoms with E-state index in [-0.39, 0.29) is 11.7 Å². The number of hydrogen-bond donors (Lipinski definition) is 2. The van der Waals surface area contributed by atoms with Crippen molar-refractivity contribution in [2.75, 3.05) is 5.32 Å². The second kappa shape index (κ2) is 7.21. The Balaban J connectivity index is 1.90. The monoisotopic (exact) mass is 328 g/mol. The summed E-state index contributed by atoms with van der Waals surface area (Å²) in [4.78, 5) is 16.1. The number of H-pyrrole nitrogens is 1. The quantitative estimate of drug-likeness (QED) is 0.797. The van der Waals surface area contributed by atoms with Crippen molar-refractivity contribution in [2.45, 2.75) is 30.9 Å². The molecule has 2 rings (SSSR count). The average molecular weight is 328 g/mol. The van der Waals surface area contributed by atoms with Gasteiger partial charge in [0.25, 0.3) is 0 Å². The molecule has 0 spiro atoms. The fraction of sp³-hybridized carbons (Fsp3) is 0.308. The van der Waals surface area contributed by atoms with Crippen LogP contribution in [0.5, 0.6) is 5.75 Å². The number of thioether (sulfide) groups is 1. The lowest BCUT2D eigenvalue weighted by atomic mass is 10.3. The number of ether oxygens (including phenoxy) is 1. The number of carbonyl (C=O) groups is 1. The summed E-state index contributed by atoms with van der Waals surface area (Å²) in [6.07, 6.45) is 0. The molecule has 118 valence electrons. The van der Waals surface area contributed by atoms with Crippen LogP contribution in [0.2, 0.25) is 0 Å². The molecule has 22 heavy (non-hydrogen) atoms. The smallest absolute Gasteiger partial charge is 0.387 e. The number of aromatic nitrogens is 3. The van der Waals surface area contributed by atoms with Crippen LogP contribution in [0.1, 0.15) is 12.7 Å². The van der Waals surface area contributed by atoms with E-state index in [0.29, 0.717) is 16.7 Å². The number of aromatic amines is 1. The largest absolute Gasteiger partial charge is 0.435 e. The van der Waals surface area contributed by atoms with Gasteiger partial charge in [-0.1, -0.05) is 11.8 Å². The molecule has 0 saturated carbocycles. The number of benzene rings is 1. The Morgan fingerprint density at radius 3 is 2.59 bits per heavy atom. The number of carbonyl (C=O) groups excluding carboxylic acids is 1. The van der Waals surface area contributed by atoms with E-state index >= 15 is 0 Å². The highest BCUT2D eigenvalue weighted by Crippen LogP contribution is 2.22. The predicted octanol–water partition coefficient (Wildman–Crippen LogP) is 2.83. The van der Waals surface area contributed by atoms with Gasteiger partial charge in [0.15, 0.2) is 0 Å². The second-order valence-corrected chi connectivity index (χ2v) is 5.66. The molecule has 1 aromatic carbocycles. The van der Waals surface area contributed by atoms with Crippen LogP contribution >= 0.6 is 11.8 Å². The van der Waals surface area contributed by atoms with Gasteiger partial charge in [-0.2, -0.15) is 8.78 Å². The molecule has 2 N–H and O–H groups in total. The van der Waals surface area contributed by atoms with Crippen LogP contribution in [-0.2, 0) is 4.79 Å². The SMILES string of the molecule is Cc1nc(SC(C)C(=O)Nc2ccc(OC(F)F)cc2)n[nH]1. The fourth-order valence-corrected chi connectivity index (χ4v) is 2.32. The third-order valence-electron chi connectivity index (χ3n) is 2.58. The Labute approximate surface area is 129 Å². The minimum Gasteiger partial charge on any atom is -0.435 e. The van der Waals surface area contributed by atoms with Crippen molar-refractivity contribution >= 4 is 23.4 Å². The van der Waals surface area contributed by atoms with Crippen LogP contribution in [0, 0.1) is 6.92 Å². The van der Waals surface area contributed by atoms with Crippen LogP contribution < -0.4 is 10.1 Å². The minimum atomic E-state index is -2.87. The van der Waals surface area contributed by atoms with E-state index in [1.165, 1.54) is 36.0 Å². The summed E-state index contributed by atoms with van der Waals surface area (Å²) in [6.45, 7) is 0.617. The zero-order valence-corrected chi connectivity index (χ0v) is 12.7. The molecular weight excluding hydrogens is 314 g/mol. The molecule has 9 heteroatoms. The average Bonchev–Trinajstić information content (AvgIpc) is 2.85. The van der Waals surface area contributed by atoms with Gasteiger partial charge in [-0.05, 0) is 38.1 Å². The highest BCUT2D eigenvalue weighted by atomic mass is 32.2. The number of hydrogen-bond acceptors (Lipinski definition) is 5. The topological polar surface area (TPSA) is 79.9 Å². The third kappa shape index (κ3) is 4.69. The highest BCUT2D eigenvalue weighted by Gasteiger charge is 2.17. The zero-order valence-electron chi connectivity index (χ0n) is 11.8. The number of anilines is 1. The van der Waals surface area contributed by atoms with Crippen molar-refractivity contribution in [1.82, 2.24) is 15.2 Å². The molecule has 0 saturated heterocycles. The number of nitrogens with one attached hydrogen (secondary N) is 2. The molecule has 6 nitrogen and oxygen atoms in total. The van der Waals surface area contributed by atoms with Crippen molar-refractivity contribution in [3.05, 3.63) is 30.1 Å². The summed E-state index contributed by atoms with van der Waals surface area (Å²) in [5.41, 5.74) is 0.491. The van der Waals surface area contributed by atoms with Gasteiger partial charge in [-0.25, -0.2) is 4.98 Å². The number of amides is 1. The van der Waals surface area contributed by atoms with Gasteiger partial charge in [-0.15, -0.1) is 5.10 Å². The van der Waals surface area contributed by atoms with Gasteiger partial charge in [0.1, 0.15) is 11.6 Å². The highest BCUT2D eigenvalue weighted by molar-refractivity contribution is 8.00. The zero-order chi connectivity index (χ0) is 16.1. The van der Waals surface area contributed by atoms with E-state index < -0.39 is 11.9 Å². The molecule has 1 heterocycles. The molecule has 0 fully saturated rings. The molecule has 0 aliphatic carbocycles. The summed E-state index contributed by atoms with van der Waals surface area (Å²) >= 11 is 1.21. The van der Waals surface area contributed by atoms with Crippen LogP contribution in [0.3, 0.4) is 0 Å². The Morgan fingerprint density at radius 1 is 1.36 bits per heavy atom. The maximum atomic E-state index is 12.0. The van der Waals surface area contributed by atoms with Crippen LogP contribution in [-0.4, -0.2) is 32.9 Å². The van der Waals surface area contributed by atoms with Gasteiger partial charge >= 0.3 is 6.61 Å². The molecule has 0 aliphatic rings. The first-order valence-electron chi connectivity index (χ1n) is 6.35. The van der Waals surface area contributed by atoms with Crippen molar-refractivity contribution in [3.63, 3.8) is 0 Å². The summed E-state index contributed by atoms with van der Waals surface area (Å²) in [6, 6.07) is 5.70. The second-order valence-electron chi connectivity index (χ2n) is 4.36. The standard InChI is InChI=1S/C13H14F2N4O2S/c1-7(22-13-16-8(2)18-19-13)11(20)17-9-3-5-10(6-4-9)21-12(14)15/h3-7,12H,1-2H3,(H,17,20)(H,16,18,19). The molecular formula is C13H14F2N4O2S. The van der Waals surface area contributed by atoms with E-state index in [9.17, 15) is 13.6 Å². The van der Waals surface area contributed by atoms with Gasteiger partial charge in [0, 0.05) is 5.69 Å². The van der Waals surface area contributed by atoms with Crippen molar-refractivity contribution < 1.29 is 18.3 Å². The van der Waals surface area contributed by atoms with E-state index in [4.69, 9.17) is 0 Å². The lowest BCUT2D eigenvalue weighted by Crippen LogP contribution is -2.22. The molecule has 1 amide bonds. The van der Waals surface area contributed by atoms with Crippen molar-refractivity contribution in [1.29, 1.82) is 0 Å². The molecule has 1 aromatic heterocycles. The molecule has 0 radical (unpaired) electrons. The summed E-state index contributed by atoms with van der Waals surface area (Å²) in [5, 5.41) is 9.40. The van der Waals surface area contributed by atoms with E-state index in [1.807, 2.05) is 0 Å². The summed E-state index contributed by atoms with van der Waals surface area (Å²) in [5.74, 6) is 0.464. The summed E-state index contributed by atoms with van der Waals surface area (Å²) in [7, 11) is 0. The Morgan fingerprint density at radius 2 is 2.05 bits per heavy atom. The minimum absolute atomic E-state index is 0.0339.